The van der Waals surface area contributed by atoms with Crippen molar-refractivity contribution < 1.29 is 9.53 Å². The molecule has 1 aliphatic carbocycles. The molecule has 4 rings (SSSR count). The second-order valence-corrected chi connectivity index (χ2v) is 8.54. The van der Waals surface area contributed by atoms with E-state index in [1.165, 1.54) is 41.5 Å². The first-order valence-corrected chi connectivity index (χ1v) is 11.0. The molecule has 4 heteroatoms. The Morgan fingerprint density at radius 1 is 1.03 bits per heavy atom. The molecule has 1 heterocycles. The van der Waals surface area contributed by atoms with Crippen molar-refractivity contribution in [1.82, 2.24) is 10.6 Å². The molecule has 1 fully saturated rings. The molecule has 1 atom stereocenters. The zero-order valence-electron chi connectivity index (χ0n) is 17.4. The molecule has 2 amide bonds. The number of aryl methyl sites for hydroxylation is 2. The second kappa shape index (κ2) is 9.00. The molecule has 29 heavy (non-hydrogen) atoms. The Hall–Kier alpha value is -2.33. The molecule has 0 radical (unpaired) electrons. The van der Waals surface area contributed by atoms with Crippen LogP contribution < -0.4 is 10.6 Å². The van der Waals surface area contributed by atoms with Crippen molar-refractivity contribution in [1.29, 1.82) is 0 Å². The fraction of sp³-hybridized carbons (Fsp3) is 0.480. The van der Waals surface area contributed by atoms with Crippen LogP contribution in [0.3, 0.4) is 0 Å². The van der Waals surface area contributed by atoms with Crippen LogP contribution in [0.15, 0.2) is 48.5 Å². The fourth-order valence-corrected chi connectivity index (χ4v) is 4.72. The van der Waals surface area contributed by atoms with Crippen molar-refractivity contribution in [3.63, 3.8) is 0 Å². The predicted molar refractivity (Wildman–Crippen MR) is 116 cm³/mol. The third-order valence-electron chi connectivity index (χ3n) is 6.64. The summed E-state index contributed by atoms with van der Waals surface area (Å²) in [6, 6.07) is 17.1. The summed E-state index contributed by atoms with van der Waals surface area (Å²) in [5.74, 6) is 0. The molecule has 1 saturated heterocycles. The Balaban J connectivity index is 1.38. The molecule has 2 aromatic rings. The Morgan fingerprint density at radius 3 is 2.52 bits per heavy atom. The average Bonchev–Trinajstić information content (AvgIpc) is 2.78. The minimum absolute atomic E-state index is 0.00964. The van der Waals surface area contributed by atoms with Gasteiger partial charge in [0.15, 0.2) is 0 Å². The largest absolute Gasteiger partial charge is 0.381 e. The molecular weight excluding hydrogens is 360 g/mol. The summed E-state index contributed by atoms with van der Waals surface area (Å²) in [5, 5.41) is 6.28. The van der Waals surface area contributed by atoms with E-state index < -0.39 is 0 Å². The maximum absolute atomic E-state index is 12.7. The Bertz CT molecular complexity index is 828. The highest BCUT2D eigenvalue weighted by molar-refractivity contribution is 5.74. The summed E-state index contributed by atoms with van der Waals surface area (Å²) in [7, 11) is 0. The molecule has 0 unspecified atom stereocenters. The number of urea groups is 1. The molecule has 2 N–H and O–H groups in total. The van der Waals surface area contributed by atoms with Crippen LogP contribution in [0.1, 0.15) is 60.9 Å². The van der Waals surface area contributed by atoms with Gasteiger partial charge in [-0.05, 0) is 67.7 Å². The van der Waals surface area contributed by atoms with Gasteiger partial charge in [0.25, 0.3) is 0 Å². The maximum Gasteiger partial charge on any atom is 0.315 e. The minimum Gasteiger partial charge on any atom is -0.381 e. The molecule has 0 saturated carbocycles. The summed E-state index contributed by atoms with van der Waals surface area (Å²) >= 11 is 0. The SMILES string of the molecule is C[C@@H](NC(=O)NCC1(c2ccccc2)CCOCC1)c1ccc2c(c1)CCCC2. The highest BCUT2D eigenvalue weighted by atomic mass is 16.5. The minimum atomic E-state index is -0.1000. The summed E-state index contributed by atoms with van der Waals surface area (Å²) < 4.78 is 5.59. The van der Waals surface area contributed by atoms with E-state index in [9.17, 15) is 4.79 Å². The summed E-state index contributed by atoms with van der Waals surface area (Å²) in [6.07, 6.45) is 6.75. The van der Waals surface area contributed by atoms with Crippen molar-refractivity contribution in [2.45, 2.75) is 56.9 Å². The number of carbonyl (C=O) groups is 1. The van der Waals surface area contributed by atoms with Crippen LogP contribution in [0.5, 0.6) is 0 Å². The van der Waals surface area contributed by atoms with Crippen molar-refractivity contribution in [3.8, 4) is 0 Å². The molecule has 4 nitrogen and oxygen atoms in total. The monoisotopic (exact) mass is 392 g/mol. The number of nitrogens with one attached hydrogen (secondary N) is 2. The Labute approximate surface area is 174 Å². The van der Waals surface area contributed by atoms with Gasteiger partial charge in [0.1, 0.15) is 0 Å². The van der Waals surface area contributed by atoms with Crippen LogP contribution in [0.2, 0.25) is 0 Å². The molecule has 0 bridgehead atoms. The average molecular weight is 393 g/mol. The van der Waals surface area contributed by atoms with Gasteiger partial charge < -0.3 is 15.4 Å². The quantitative estimate of drug-likeness (QED) is 0.777. The van der Waals surface area contributed by atoms with Crippen molar-refractivity contribution in [3.05, 3.63) is 70.8 Å². The van der Waals surface area contributed by atoms with Gasteiger partial charge in [-0.1, -0.05) is 48.5 Å². The van der Waals surface area contributed by atoms with Gasteiger partial charge in [-0.25, -0.2) is 4.79 Å². The maximum atomic E-state index is 12.7. The number of benzene rings is 2. The molecule has 0 aromatic heterocycles. The molecule has 154 valence electrons. The Morgan fingerprint density at radius 2 is 1.76 bits per heavy atom. The van der Waals surface area contributed by atoms with Gasteiger partial charge in [0, 0.05) is 25.2 Å². The van der Waals surface area contributed by atoms with Gasteiger partial charge >= 0.3 is 6.03 Å². The lowest BCUT2D eigenvalue weighted by Crippen LogP contribution is -2.47. The van der Waals surface area contributed by atoms with E-state index in [1.54, 1.807) is 0 Å². The fourth-order valence-electron chi connectivity index (χ4n) is 4.72. The van der Waals surface area contributed by atoms with E-state index in [2.05, 4.69) is 60.0 Å². The summed E-state index contributed by atoms with van der Waals surface area (Å²) in [6.45, 7) is 4.17. The number of fused-ring (bicyclic) bond motifs is 1. The van der Waals surface area contributed by atoms with Crippen LogP contribution in [-0.4, -0.2) is 25.8 Å². The molecule has 2 aromatic carbocycles. The first-order valence-electron chi connectivity index (χ1n) is 11.0. The number of hydrogen-bond acceptors (Lipinski definition) is 2. The molecule has 0 spiro atoms. The van der Waals surface area contributed by atoms with Crippen LogP contribution in [0, 0.1) is 0 Å². The number of amides is 2. The molecular formula is C25H32N2O2. The van der Waals surface area contributed by atoms with Gasteiger partial charge in [-0.3, -0.25) is 0 Å². The lowest BCUT2D eigenvalue weighted by molar-refractivity contribution is 0.0506. The third kappa shape index (κ3) is 4.64. The van der Waals surface area contributed by atoms with Gasteiger partial charge in [-0.2, -0.15) is 0 Å². The van der Waals surface area contributed by atoms with Crippen molar-refractivity contribution in [2.24, 2.45) is 0 Å². The number of hydrogen-bond donors (Lipinski definition) is 2. The van der Waals surface area contributed by atoms with Crippen molar-refractivity contribution >= 4 is 6.03 Å². The first-order chi connectivity index (χ1) is 14.2. The van der Waals surface area contributed by atoms with E-state index in [0.29, 0.717) is 6.54 Å². The number of ether oxygens (including phenoxy) is 1. The van der Waals surface area contributed by atoms with Crippen LogP contribution >= 0.6 is 0 Å². The second-order valence-electron chi connectivity index (χ2n) is 8.54. The lowest BCUT2D eigenvalue weighted by Gasteiger charge is -2.38. The van der Waals surface area contributed by atoms with E-state index in [1.807, 2.05) is 6.07 Å². The summed E-state index contributed by atoms with van der Waals surface area (Å²) in [5.41, 5.74) is 5.34. The lowest BCUT2D eigenvalue weighted by atomic mass is 9.74. The highest BCUT2D eigenvalue weighted by Crippen LogP contribution is 2.34. The van der Waals surface area contributed by atoms with Gasteiger partial charge in [-0.15, -0.1) is 0 Å². The van der Waals surface area contributed by atoms with Crippen LogP contribution in [0.25, 0.3) is 0 Å². The smallest absolute Gasteiger partial charge is 0.315 e. The third-order valence-corrected chi connectivity index (χ3v) is 6.64. The van der Waals surface area contributed by atoms with E-state index in [4.69, 9.17) is 4.74 Å². The number of carbonyl (C=O) groups excluding carboxylic acids is 1. The van der Waals surface area contributed by atoms with Gasteiger partial charge in [0.05, 0.1) is 6.04 Å². The molecule has 1 aliphatic heterocycles. The standard InChI is InChI=1S/C25H32N2O2/c1-19(21-12-11-20-7-5-6-8-22(20)17-21)27-24(28)26-18-25(13-15-29-16-14-25)23-9-3-2-4-10-23/h2-4,9-12,17,19H,5-8,13-16,18H2,1H3,(H2,26,27,28)/t19-/m1/s1. The van der Waals surface area contributed by atoms with E-state index in [0.717, 1.165) is 32.5 Å². The van der Waals surface area contributed by atoms with Crippen LogP contribution in [0.4, 0.5) is 4.79 Å². The normalized spacial score (nSPS) is 19.1. The van der Waals surface area contributed by atoms with Crippen molar-refractivity contribution in [2.75, 3.05) is 19.8 Å². The predicted octanol–water partition coefficient (Wildman–Crippen LogP) is 4.67. The summed E-state index contributed by atoms with van der Waals surface area (Å²) in [4.78, 5) is 12.7. The first kappa shape index (κ1) is 20.0. The number of rotatable bonds is 5. The van der Waals surface area contributed by atoms with E-state index in [-0.39, 0.29) is 17.5 Å². The zero-order valence-corrected chi connectivity index (χ0v) is 17.4. The highest BCUT2D eigenvalue weighted by Gasteiger charge is 2.34. The molecule has 2 aliphatic rings. The topological polar surface area (TPSA) is 50.4 Å². The van der Waals surface area contributed by atoms with E-state index >= 15 is 0 Å². The van der Waals surface area contributed by atoms with Crippen LogP contribution in [-0.2, 0) is 23.0 Å². The zero-order chi connectivity index (χ0) is 20.1. The Kier molecular flexibility index (Phi) is 6.19. The van der Waals surface area contributed by atoms with Gasteiger partial charge in [0.2, 0.25) is 0 Å².